The Hall–Kier alpha value is -3.15. The third-order valence-corrected chi connectivity index (χ3v) is 6.30. The van der Waals surface area contributed by atoms with Gasteiger partial charge in [-0.1, -0.05) is 32.0 Å². The van der Waals surface area contributed by atoms with Crippen LogP contribution >= 0.6 is 0 Å². The van der Waals surface area contributed by atoms with Crippen molar-refractivity contribution in [3.8, 4) is 5.75 Å². The standard InChI is InChI=1S/C25H27N3O3/c1-25(2)15-26-23-22(29)20-13-17(10-11-21(20)28(23)16-25)24(30)27-12-6-7-18(27)14-31-19-8-4-3-5-9-19/h3-5,8-11,13,18H,6-7,12,14-16H2,1-2H3/t18-/m0/s1. The summed E-state index contributed by atoms with van der Waals surface area (Å²) < 4.78 is 5.91. The lowest BCUT2D eigenvalue weighted by Gasteiger charge is -2.34. The van der Waals surface area contributed by atoms with Gasteiger partial charge in [-0.15, -0.1) is 0 Å². The topological polar surface area (TPSA) is 62.2 Å². The van der Waals surface area contributed by atoms with E-state index in [1.54, 1.807) is 6.07 Å². The van der Waals surface area contributed by atoms with Crippen molar-refractivity contribution in [1.82, 2.24) is 4.90 Å². The van der Waals surface area contributed by atoms with Gasteiger partial charge in [0, 0.05) is 30.6 Å². The van der Waals surface area contributed by atoms with Gasteiger partial charge < -0.3 is 14.5 Å². The normalized spacial score (nSPS) is 21.5. The van der Waals surface area contributed by atoms with Gasteiger partial charge in [0.1, 0.15) is 12.4 Å². The molecule has 2 aromatic rings. The summed E-state index contributed by atoms with van der Waals surface area (Å²) in [5, 5.41) is 0. The number of amides is 1. The maximum atomic E-state index is 13.3. The van der Waals surface area contributed by atoms with E-state index in [-0.39, 0.29) is 23.1 Å². The first-order valence-electron chi connectivity index (χ1n) is 10.9. The number of aliphatic imine (C=N–C) groups is 1. The van der Waals surface area contributed by atoms with Crippen LogP contribution in [0.15, 0.2) is 53.5 Å². The summed E-state index contributed by atoms with van der Waals surface area (Å²) in [5.41, 5.74) is 2.01. The van der Waals surface area contributed by atoms with Crippen LogP contribution in [-0.2, 0) is 0 Å². The summed E-state index contributed by atoms with van der Waals surface area (Å²) >= 11 is 0. The number of para-hydroxylation sites is 1. The summed E-state index contributed by atoms with van der Waals surface area (Å²) in [4.78, 5) is 34.7. The summed E-state index contributed by atoms with van der Waals surface area (Å²) in [6.45, 7) is 6.88. The molecular formula is C25H27N3O3. The van der Waals surface area contributed by atoms with Crippen LogP contribution in [-0.4, -0.2) is 54.7 Å². The Labute approximate surface area is 182 Å². The monoisotopic (exact) mass is 417 g/mol. The minimum Gasteiger partial charge on any atom is -0.491 e. The van der Waals surface area contributed by atoms with Gasteiger partial charge in [-0.2, -0.15) is 0 Å². The summed E-state index contributed by atoms with van der Waals surface area (Å²) in [5.74, 6) is 1.20. The predicted molar refractivity (Wildman–Crippen MR) is 120 cm³/mol. The van der Waals surface area contributed by atoms with Crippen molar-refractivity contribution in [3.05, 3.63) is 59.7 Å². The zero-order chi connectivity index (χ0) is 21.6. The minimum absolute atomic E-state index is 0.0153. The fourth-order valence-corrected chi connectivity index (χ4v) is 4.68. The predicted octanol–water partition coefficient (Wildman–Crippen LogP) is 3.81. The summed E-state index contributed by atoms with van der Waals surface area (Å²) in [6.07, 6.45) is 1.88. The molecule has 3 aliphatic heterocycles. The van der Waals surface area contributed by atoms with Crippen LogP contribution in [0.4, 0.5) is 5.69 Å². The van der Waals surface area contributed by atoms with E-state index in [2.05, 4.69) is 18.8 Å². The molecule has 0 unspecified atom stereocenters. The van der Waals surface area contributed by atoms with Crippen molar-refractivity contribution < 1.29 is 14.3 Å². The van der Waals surface area contributed by atoms with Gasteiger partial charge in [-0.3, -0.25) is 14.6 Å². The smallest absolute Gasteiger partial charge is 0.254 e. The van der Waals surface area contributed by atoms with E-state index in [1.165, 1.54) is 0 Å². The average molecular weight is 418 g/mol. The van der Waals surface area contributed by atoms with E-state index in [9.17, 15) is 9.59 Å². The number of carbonyl (C=O) groups is 2. The number of fused-ring (bicyclic) bond motifs is 3. The zero-order valence-electron chi connectivity index (χ0n) is 18.0. The number of hydrogen-bond acceptors (Lipinski definition) is 5. The third-order valence-electron chi connectivity index (χ3n) is 6.30. The fraction of sp³-hybridized carbons (Fsp3) is 0.400. The van der Waals surface area contributed by atoms with Crippen LogP contribution in [0.25, 0.3) is 0 Å². The van der Waals surface area contributed by atoms with E-state index >= 15 is 0 Å². The molecule has 3 aliphatic rings. The maximum absolute atomic E-state index is 13.3. The molecule has 3 heterocycles. The highest BCUT2D eigenvalue weighted by molar-refractivity contribution is 6.54. The molecule has 31 heavy (non-hydrogen) atoms. The van der Waals surface area contributed by atoms with Crippen molar-refractivity contribution >= 4 is 23.2 Å². The molecule has 1 atom stereocenters. The highest BCUT2D eigenvalue weighted by atomic mass is 16.5. The summed E-state index contributed by atoms with van der Waals surface area (Å²) in [6, 6.07) is 15.2. The fourth-order valence-electron chi connectivity index (χ4n) is 4.68. The quantitative estimate of drug-likeness (QED) is 0.759. The lowest BCUT2D eigenvalue weighted by molar-refractivity contribution is 0.0691. The van der Waals surface area contributed by atoms with Gasteiger partial charge in [0.15, 0.2) is 5.84 Å². The van der Waals surface area contributed by atoms with Crippen LogP contribution in [0.3, 0.4) is 0 Å². The molecule has 0 bridgehead atoms. The number of carbonyl (C=O) groups excluding carboxylic acids is 2. The van der Waals surface area contributed by atoms with Crippen molar-refractivity contribution in [3.63, 3.8) is 0 Å². The van der Waals surface area contributed by atoms with Crippen molar-refractivity contribution in [1.29, 1.82) is 0 Å². The SMILES string of the molecule is CC1(C)CN=C2C(=O)c3cc(C(=O)N4CCC[C@H]4COc4ccccc4)ccc3N2C1. The second-order valence-electron chi connectivity index (χ2n) is 9.37. The maximum Gasteiger partial charge on any atom is 0.254 e. The summed E-state index contributed by atoms with van der Waals surface area (Å²) in [7, 11) is 0. The molecule has 1 amide bonds. The van der Waals surface area contributed by atoms with Gasteiger partial charge in [-0.05, 0) is 43.2 Å². The van der Waals surface area contributed by atoms with Gasteiger partial charge in [0.05, 0.1) is 17.3 Å². The van der Waals surface area contributed by atoms with Crippen LogP contribution in [0.1, 0.15) is 47.4 Å². The van der Waals surface area contributed by atoms with E-state index in [0.29, 0.717) is 36.7 Å². The number of rotatable bonds is 4. The highest BCUT2D eigenvalue weighted by Gasteiger charge is 2.40. The number of ketones is 1. The van der Waals surface area contributed by atoms with E-state index in [1.807, 2.05) is 52.3 Å². The highest BCUT2D eigenvalue weighted by Crippen LogP contribution is 2.36. The molecule has 0 aromatic heterocycles. The lowest BCUT2D eigenvalue weighted by atomic mass is 9.91. The van der Waals surface area contributed by atoms with Crippen molar-refractivity contribution in [2.45, 2.75) is 32.7 Å². The second-order valence-corrected chi connectivity index (χ2v) is 9.37. The van der Waals surface area contributed by atoms with Crippen LogP contribution in [0, 0.1) is 5.41 Å². The van der Waals surface area contributed by atoms with Crippen LogP contribution in [0.2, 0.25) is 0 Å². The largest absolute Gasteiger partial charge is 0.491 e. The molecule has 0 N–H and O–H groups in total. The van der Waals surface area contributed by atoms with Crippen LogP contribution < -0.4 is 9.64 Å². The number of benzene rings is 2. The molecule has 6 heteroatoms. The Bertz CT molecular complexity index is 1060. The molecule has 1 saturated heterocycles. The van der Waals surface area contributed by atoms with Crippen LogP contribution in [0.5, 0.6) is 5.75 Å². The van der Waals surface area contributed by atoms with Crippen molar-refractivity contribution in [2.75, 3.05) is 31.1 Å². The minimum atomic E-state index is -0.0782. The molecule has 0 spiro atoms. The molecular weight excluding hydrogens is 390 g/mol. The molecule has 2 aromatic carbocycles. The first-order valence-corrected chi connectivity index (χ1v) is 10.9. The number of Topliss-reactive ketones (excluding diaryl/α,β-unsaturated/α-hetero) is 1. The van der Waals surface area contributed by atoms with Gasteiger partial charge in [-0.25, -0.2) is 0 Å². The molecule has 0 saturated carbocycles. The number of amidine groups is 1. The molecule has 160 valence electrons. The van der Waals surface area contributed by atoms with Crippen molar-refractivity contribution in [2.24, 2.45) is 10.4 Å². The van der Waals surface area contributed by atoms with E-state index in [0.717, 1.165) is 30.8 Å². The molecule has 5 rings (SSSR count). The average Bonchev–Trinajstić information content (AvgIpc) is 3.34. The number of hydrogen-bond donors (Lipinski definition) is 0. The van der Waals surface area contributed by atoms with E-state index < -0.39 is 0 Å². The molecule has 6 nitrogen and oxygen atoms in total. The Kier molecular flexibility index (Phi) is 4.80. The first kappa shape index (κ1) is 19.8. The first-order chi connectivity index (χ1) is 14.9. The Morgan fingerprint density at radius 2 is 2.00 bits per heavy atom. The van der Waals surface area contributed by atoms with Gasteiger partial charge in [0.2, 0.25) is 5.78 Å². The number of anilines is 1. The molecule has 0 radical (unpaired) electrons. The van der Waals surface area contributed by atoms with Gasteiger partial charge >= 0.3 is 0 Å². The number of ether oxygens (including phenoxy) is 1. The Morgan fingerprint density at radius 1 is 1.19 bits per heavy atom. The number of nitrogens with zero attached hydrogens (tertiary/aromatic N) is 3. The zero-order valence-corrected chi connectivity index (χ0v) is 18.0. The van der Waals surface area contributed by atoms with Gasteiger partial charge in [0.25, 0.3) is 5.91 Å². The molecule has 0 aliphatic carbocycles. The Morgan fingerprint density at radius 3 is 2.81 bits per heavy atom. The number of likely N-dealkylation sites (tertiary alicyclic amines) is 1. The lowest BCUT2D eigenvalue weighted by Crippen LogP contribution is -2.44. The second kappa shape index (κ2) is 7.52. The molecule has 1 fully saturated rings. The third kappa shape index (κ3) is 3.60. The Balaban J connectivity index is 1.35. The van der Waals surface area contributed by atoms with E-state index in [4.69, 9.17) is 4.74 Å².